The van der Waals surface area contributed by atoms with E-state index < -0.39 is 5.97 Å². The highest BCUT2D eigenvalue weighted by Gasteiger charge is 2.22. The molecule has 0 aliphatic carbocycles. The Morgan fingerprint density at radius 2 is 1.77 bits per heavy atom. The first kappa shape index (κ1) is 19.8. The van der Waals surface area contributed by atoms with E-state index in [0.717, 1.165) is 23.0 Å². The molecule has 0 saturated heterocycles. The molecule has 0 aliphatic heterocycles. The van der Waals surface area contributed by atoms with Crippen LogP contribution in [-0.4, -0.2) is 66.5 Å². The highest BCUT2D eigenvalue weighted by Crippen LogP contribution is 2.23. The van der Waals surface area contributed by atoms with Gasteiger partial charge in [0.25, 0.3) is 5.78 Å². The first-order valence-electron chi connectivity index (χ1n) is 8.84. The lowest BCUT2D eigenvalue weighted by atomic mass is 10.2. The summed E-state index contributed by atoms with van der Waals surface area (Å²) in [5.41, 5.74) is 3.17. The lowest BCUT2D eigenvalue weighted by molar-refractivity contribution is -0.140. The molecule has 30 heavy (non-hydrogen) atoms. The molecule has 0 atom stereocenters. The quantitative estimate of drug-likeness (QED) is 0.326. The second-order valence-electron chi connectivity index (χ2n) is 6.29. The van der Waals surface area contributed by atoms with Crippen LogP contribution in [-0.2, 0) is 25.5 Å². The molecular formula is C18H17N7O4S. The van der Waals surface area contributed by atoms with Crippen LogP contribution in [0.4, 0.5) is 0 Å². The molecule has 0 spiro atoms. The van der Waals surface area contributed by atoms with E-state index in [0.29, 0.717) is 22.0 Å². The highest BCUT2D eigenvalue weighted by atomic mass is 32.2. The minimum Gasteiger partial charge on any atom is -0.469 e. The van der Waals surface area contributed by atoms with E-state index in [1.54, 1.807) is 4.68 Å². The van der Waals surface area contributed by atoms with Crippen molar-refractivity contribution in [3.63, 3.8) is 0 Å². The van der Waals surface area contributed by atoms with Crippen molar-refractivity contribution in [3.8, 4) is 5.69 Å². The van der Waals surface area contributed by atoms with Crippen LogP contribution in [0.3, 0.4) is 0 Å². The monoisotopic (exact) mass is 427 g/mol. The Hall–Kier alpha value is -3.54. The number of methoxy groups -OCH3 is 2. The SMILES string of the molecule is COC(=O)CSc1nc2nnc3c(CC(=O)OC)nn(-c4ccc(C)cc4)c3n2n1. The summed E-state index contributed by atoms with van der Waals surface area (Å²) in [4.78, 5) is 27.6. The average molecular weight is 427 g/mol. The molecule has 11 nitrogen and oxygen atoms in total. The number of rotatable bonds is 6. The van der Waals surface area contributed by atoms with Crippen LogP contribution in [0, 0.1) is 6.92 Å². The van der Waals surface area contributed by atoms with Gasteiger partial charge in [0.05, 0.1) is 32.1 Å². The number of hydrogen-bond donors (Lipinski definition) is 0. The molecule has 3 heterocycles. The van der Waals surface area contributed by atoms with Gasteiger partial charge in [-0.05, 0) is 19.1 Å². The lowest BCUT2D eigenvalue weighted by Gasteiger charge is -2.04. The van der Waals surface area contributed by atoms with Gasteiger partial charge < -0.3 is 9.47 Å². The third-order valence-corrected chi connectivity index (χ3v) is 5.09. The largest absolute Gasteiger partial charge is 0.469 e. The minimum atomic E-state index is -0.444. The number of carbonyl (C=O) groups is 2. The van der Waals surface area contributed by atoms with Gasteiger partial charge in [-0.15, -0.1) is 15.3 Å². The van der Waals surface area contributed by atoms with Crippen molar-refractivity contribution in [2.75, 3.05) is 20.0 Å². The van der Waals surface area contributed by atoms with Crippen molar-refractivity contribution >= 4 is 40.6 Å². The number of hydrogen-bond acceptors (Lipinski definition) is 10. The Bertz CT molecular complexity index is 1250. The Balaban J connectivity index is 1.88. The first-order valence-corrected chi connectivity index (χ1v) is 9.83. The molecular weight excluding hydrogens is 410 g/mol. The van der Waals surface area contributed by atoms with Gasteiger partial charge in [-0.25, -0.2) is 4.68 Å². The fourth-order valence-electron chi connectivity index (χ4n) is 2.76. The molecule has 0 radical (unpaired) electrons. The summed E-state index contributed by atoms with van der Waals surface area (Å²) >= 11 is 1.12. The van der Waals surface area contributed by atoms with Crippen LogP contribution in [0.1, 0.15) is 11.3 Å². The zero-order valence-corrected chi connectivity index (χ0v) is 17.2. The topological polar surface area (TPSA) is 126 Å². The molecule has 0 fully saturated rings. The highest BCUT2D eigenvalue weighted by molar-refractivity contribution is 7.99. The van der Waals surface area contributed by atoms with E-state index in [9.17, 15) is 9.59 Å². The second kappa shape index (κ2) is 8.06. The number of aryl methyl sites for hydroxylation is 1. The fraction of sp³-hybridized carbons (Fsp3) is 0.278. The lowest BCUT2D eigenvalue weighted by Crippen LogP contribution is -2.06. The van der Waals surface area contributed by atoms with Gasteiger partial charge in [-0.2, -0.15) is 14.6 Å². The normalized spacial score (nSPS) is 11.2. The van der Waals surface area contributed by atoms with E-state index in [1.807, 2.05) is 31.2 Å². The molecule has 0 unspecified atom stereocenters. The molecule has 1 aromatic carbocycles. The predicted molar refractivity (Wildman–Crippen MR) is 106 cm³/mol. The summed E-state index contributed by atoms with van der Waals surface area (Å²) < 4.78 is 12.6. The summed E-state index contributed by atoms with van der Waals surface area (Å²) in [5, 5.41) is 17.7. The summed E-state index contributed by atoms with van der Waals surface area (Å²) in [6, 6.07) is 7.71. The maximum Gasteiger partial charge on any atom is 0.316 e. The van der Waals surface area contributed by atoms with Gasteiger partial charge >= 0.3 is 11.9 Å². The average Bonchev–Trinajstić information content (AvgIpc) is 3.33. The Kier molecular flexibility index (Phi) is 5.31. The second-order valence-corrected chi connectivity index (χ2v) is 7.23. The summed E-state index contributed by atoms with van der Waals surface area (Å²) in [5.74, 6) is -0.525. The van der Waals surface area contributed by atoms with Gasteiger partial charge in [0.15, 0.2) is 11.2 Å². The van der Waals surface area contributed by atoms with Crippen LogP contribution in [0.2, 0.25) is 0 Å². The van der Waals surface area contributed by atoms with Crippen LogP contribution in [0.5, 0.6) is 0 Å². The van der Waals surface area contributed by atoms with Crippen molar-refractivity contribution < 1.29 is 19.1 Å². The number of benzene rings is 1. The minimum absolute atomic E-state index is 0.0643. The molecule has 0 saturated carbocycles. The number of aromatic nitrogens is 7. The predicted octanol–water partition coefficient (Wildman–Crippen LogP) is 1.15. The Morgan fingerprint density at radius 3 is 2.47 bits per heavy atom. The summed E-state index contributed by atoms with van der Waals surface area (Å²) in [7, 11) is 2.63. The standard InChI is InChI=1S/C18H17N7O4S/c1-10-4-6-11(7-5-10)24-16-15(12(22-24)8-13(26)28-2)20-21-17-19-18(23-25(16)17)30-9-14(27)29-3/h4-7H,8-9H2,1-3H3. The van der Waals surface area contributed by atoms with E-state index in [1.165, 1.54) is 18.7 Å². The molecule has 4 aromatic rings. The smallest absolute Gasteiger partial charge is 0.316 e. The number of esters is 2. The molecule has 0 N–H and O–H groups in total. The number of ether oxygens (including phenoxy) is 2. The number of carbonyl (C=O) groups excluding carboxylic acids is 2. The van der Waals surface area contributed by atoms with E-state index in [-0.39, 0.29) is 23.9 Å². The fourth-order valence-corrected chi connectivity index (χ4v) is 3.41. The number of fused-ring (bicyclic) bond motifs is 3. The number of thioether (sulfide) groups is 1. The molecule has 154 valence electrons. The Labute approximate surface area is 174 Å². The van der Waals surface area contributed by atoms with Gasteiger partial charge in [-0.1, -0.05) is 29.5 Å². The van der Waals surface area contributed by atoms with Crippen LogP contribution in [0.25, 0.3) is 22.6 Å². The van der Waals surface area contributed by atoms with Gasteiger partial charge in [0.1, 0.15) is 5.69 Å². The molecule has 4 rings (SSSR count). The van der Waals surface area contributed by atoms with Crippen molar-refractivity contribution in [3.05, 3.63) is 35.5 Å². The van der Waals surface area contributed by atoms with Crippen molar-refractivity contribution in [2.45, 2.75) is 18.5 Å². The molecule has 0 aliphatic rings. The van der Waals surface area contributed by atoms with Crippen molar-refractivity contribution in [1.82, 2.24) is 34.6 Å². The summed E-state index contributed by atoms with van der Waals surface area (Å²) in [6.45, 7) is 1.99. The third-order valence-electron chi connectivity index (χ3n) is 4.28. The summed E-state index contributed by atoms with van der Waals surface area (Å²) in [6.07, 6.45) is -0.0648. The van der Waals surface area contributed by atoms with Crippen LogP contribution >= 0.6 is 11.8 Å². The van der Waals surface area contributed by atoms with Gasteiger partial charge in [0.2, 0.25) is 5.16 Å². The molecule has 12 heteroatoms. The maximum absolute atomic E-state index is 11.9. The zero-order valence-electron chi connectivity index (χ0n) is 16.4. The van der Waals surface area contributed by atoms with E-state index in [2.05, 4.69) is 30.1 Å². The number of nitrogens with zero attached hydrogens (tertiary/aromatic N) is 7. The third kappa shape index (κ3) is 3.68. The van der Waals surface area contributed by atoms with Gasteiger partial charge in [0, 0.05) is 0 Å². The maximum atomic E-state index is 11.9. The molecule has 3 aromatic heterocycles. The van der Waals surface area contributed by atoms with Gasteiger partial charge in [-0.3, -0.25) is 9.59 Å². The van der Waals surface area contributed by atoms with E-state index >= 15 is 0 Å². The molecule has 0 bridgehead atoms. The first-order chi connectivity index (χ1) is 14.5. The Morgan fingerprint density at radius 1 is 1.03 bits per heavy atom. The van der Waals surface area contributed by atoms with Crippen molar-refractivity contribution in [2.24, 2.45) is 0 Å². The molecule has 0 amide bonds. The van der Waals surface area contributed by atoms with Crippen LogP contribution < -0.4 is 0 Å². The van der Waals surface area contributed by atoms with Crippen molar-refractivity contribution in [1.29, 1.82) is 0 Å². The zero-order chi connectivity index (χ0) is 21.3. The van der Waals surface area contributed by atoms with E-state index in [4.69, 9.17) is 4.74 Å². The van der Waals surface area contributed by atoms with Crippen LogP contribution in [0.15, 0.2) is 29.4 Å².